The van der Waals surface area contributed by atoms with E-state index in [4.69, 9.17) is 9.72 Å². The second-order valence-corrected chi connectivity index (χ2v) is 5.32. The lowest BCUT2D eigenvalue weighted by atomic mass is 10.2. The molecule has 112 valence electrons. The molecular weight excluding hydrogens is 276 g/mol. The molecule has 3 aromatic rings. The van der Waals surface area contributed by atoms with Crippen LogP contribution in [0.4, 0.5) is 0 Å². The van der Waals surface area contributed by atoms with Gasteiger partial charge in [-0.1, -0.05) is 42.5 Å². The van der Waals surface area contributed by atoms with Crippen LogP contribution in [0.1, 0.15) is 13.8 Å². The summed E-state index contributed by atoms with van der Waals surface area (Å²) in [5.74, 6) is 0.624. The number of benzene rings is 2. The summed E-state index contributed by atoms with van der Waals surface area (Å²) in [6.45, 7) is 3.90. The lowest BCUT2D eigenvalue weighted by molar-refractivity contribution is -0.145. The van der Waals surface area contributed by atoms with Crippen molar-refractivity contribution in [3.05, 3.63) is 54.6 Å². The Kier molecular flexibility index (Phi) is 3.92. The van der Waals surface area contributed by atoms with Gasteiger partial charge in [-0.05, 0) is 19.1 Å². The SMILES string of the molecule is CC(=O)OC(C)Cn1c(-c2ccccc2)nc2ccccc21. The molecule has 0 saturated heterocycles. The summed E-state index contributed by atoms with van der Waals surface area (Å²) in [5.41, 5.74) is 3.03. The first kappa shape index (κ1) is 14.3. The van der Waals surface area contributed by atoms with Gasteiger partial charge < -0.3 is 9.30 Å². The molecule has 0 aliphatic rings. The molecule has 4 heteroatoms. The van der Waals surface area contributed by atoms with Gasteiger partial charge in [0.25, 0.3) is 0 Å². The van der Waals surface area contributed by atoms with Crippen LogP contribution < -0.4 is 0 Å². The van der Waals surface area contributed by atoms with E-state index in [1.54, 1.807) is 0 Å². The minimum Gasteiger partial charge on any atom is -0.461 e. The van der Waals surface area contributed by atoms with E-state index in [1.807, 2.05) is 61.5 Å². The van der Waals surface area contributed by atoms with Crippen molar-refractivity contribution < 1.29 is 9.53 Å². The Morgan fingerprint density at radius 1 is 1.14 bits per heavy atom. The topological polar surface area (TPSA) is 44.1 Å². The number of fused-ring (bicyclic) bond motifs is 1. The summed E-state index contributed by atoms with van der Waals surface area (Å²) in [5, 5.41) is 0. The summed E-state index contributed by atoms with van der Waals surface area (Å²) in [6.07, 6.45) is -0.211. The van der Waals surface area contributed by atoms with E-state index in [0.29, 0.717) is 6.54 Å². The van der Waals surface area contributed by atoms with Gasteiger partial charge in [-0.15, -0.1) is 0 Å². The third kappa shape index (κ3) is 2.86. The van der Waals surface area contributed by atoms with Crippen LogP contribution in [0.2, 0.25) is 0 Å². The van der Waals surface area contributed by atoms with E-state index in [1.165, 1.54) is 6.92 Å². The Labute approximate surface area is 129 Å². The highest BCUT2D eigenvalue weighted by molar-refractivity contribution is 5.80. The maximum absolute atomic E-state index is 11.2. The standard InChI is InChI=1S/C18H18N2O2/c1-13(22-14(2)21)12-20-17-11-7-6-10-16(17)19-18(20)15-8-4-3-5-9-15/h3-11,13H,12H2,1-2H3. The van der Waals surface area contributed by atoms with Gasteiger partial charge in [0.1, 0.15) is 11.9 Å². The molecule has 1 atom stereocenters. The first-order chi connectivity index (χ1) is 10.6. The van der Waals surface area contributed by atoms with Crippen molar-refractivity contribution >= 4 is 17.0 Å². The zero-order valence-corrected chi connectivity index (χ0v) is 12.7. The molecule has 2 aromatic carbocycles. The molecule has 4 nitrogen and oxygen atoms in total. The normalized spacial score (nSPS) is 12.3. The third-order valence-electron chi connectivity index (χ3n) is 3.49. The van der Waals surface area contributed by atoms with Gasteiger partial charge in [-0.2, -0.15) is 0 Å². The zero-order valence-electron chi connectivity index (χ0n) is 12.7. The molecule has 1 heterocycles. The van der Waals surface area contributed by atoms with Crippen LogP contribution in [0.15, 0.2) is 54.6 Å². The smallest absolute Gasteiger partial charge is 0.302 e. The lowest BCUT2D eigenvalue weighted by Gasteiger charge is -2.15. The van der Waals surface area contributed by atoms with Crippen molar-refractivity contribution in [1.82, 2.24) is 9.55 Å². The fraction of sp³-hybridized carbons (Fsp3) is 0.222. The molecule has 1 aromatic heterocycles. The minimum atomic E-state index is -0.266. The van der Waals surface area contributed by atoms with Crippen molar-refractivity contribution in [3.63, 3.8) is 0 Å². The number of ether oxygens (including phenoxy) is 1. The van der Waals surface area contributed by atoms with Crippen LogP contribution >= 0.6 is 0 Å². The van der Waals surface area contributed by atoms with Gasteiger partial charge in [0.2, 0.25) is 0 Å². The third-order valence-corrected chi connectivity index (χ3v) is 3.49. The van der Waals surface area contributed by atoms with Gasteiger partial charge >= 0.3 is 5.97 Å². The Morgan fingerprint density at radius 2 is 1.82 bits per heavy atom. The van der Waals surface area contributed by atoms with E-state index in [2.05, 4.69) is 4.57 Å². The fourth-order valence-corrected chi connectivity index (χ4v) is 2.65. The van der Waals surface area contributed by atoms with Gasteiger partial charge in [0.05, 0.1) is 17.6 Å². The Bertz CT molecular complexity index is 793. The van der Waals surface area contributed by atoms with Crippen LogP contribution in [0.3, 0.4) is 0 Å². The fourth-order valence-electron chi connectivity index (χ4n) is 2.65. The number of esters is 1. The molecule has 0 spiro atoms. The van der Waals surface area contributed by atoms with Crippen molar-refractivity contribution in [2.45, 2.75) is 26.5 Å². The molecule has 0 radical (unpaired) electrons. The van der Waals surface area contributed by atoms with E-state index in [9.17, 15) is 4.79 Å². The molecule has 0 aliphatic heterocycles. The van der Waals surface area contributed by atoms with Gasteiger partial charge in [0.15, 0.2) is 0 Å². The number of carbonyl (C=O) groups is 1. The monoisotopic (exact) mass is 294 g/mol. The minimum absolute atomic E-state index is 0.211. The van der Waals surface area contributed by atoms with Gasteiger partial charge in [-0.25, -0.2) is 4.98 Å². The van der Waals surface area contributed by atoms with Crippen molar-refractivity contribution in [2.75, 3.05) is 0 Å². The number of hydrogen-bond donors (Lipinski definition) is 0. The predicted octanol–water partition coefficient (Wildman–Crippen LogP) is 3.65. The molecule has 0 aliphatic carbocycles. The van der Waals surface area contributed by atoms with Crippen molar-refractivity contribution in [2.24, 2.45) is 0 Å². The highest BCUT2D eigenvalue weighted by atomic mass is 16.5. The zero-order chi connectivity index (χ0) is 15.5. The summed E-state index contributed by atoms with van der Waals surface area (Å²) in [6, 6.07) is 18.0. The largest absolute Gasteiger partial charge is 0.461 e. The second kappa shape index (κ2) is 6.02. The molecule has 3 rings (SSSR count). The Hall–Kier alpha value is -2.62. The molecule has 0 fully saturated rings. The van der Waals surface area contributed by atoms with Gasteiger partial charge in [-0.3, -0.25) is 4.79 Å². The summed E-state index contributed by atoms with van der Waals surface area (Å²) < 4.78 is 7.39. The lowest BCUT2D eigenvalue weighted by Crippen LogP contribution is -2.19. The number of aromatic nitrogens is 2. The summed E-state index contributed by atoms with van der Waals surface area (Å²) >= 11 is 0. The molecular formula is C18H18N2O2. The number of rotatable bonds is 4. The Morgan fingerprint density at radius 3 is 2.55 bits per heavy atom. The van der Waals surface area contributed by atoms with Crippen LogP contribution in [-0.4, -0.2) is 21.6 Å². The average molecular weight is 294 g/mol. The van der Waals surface area contributed by atoms with Crippen molar-refractivity contribution in [3.8, 4) is 11.4 Å². The first-order valence-electron chi connectivity index (χ1n) is 7.33. The maximum Gasteiger partial charge on any atom is 0.302 e. The summed E-state index contributed by atoms with van der Waals surface area (Å²) in [7, 11) is 0. The van der Waals surface area contributed by atoms with E-state index in [0.717, 1.165) is 22.4 Å². The first-order valence-corrected chi connectivity index (χ1v) is 7.33. The van der Waals surface area contributed by atoms with Crippen molar-refractivity contribution in [1.29, 1.82) is 0 Å². The maximum atomic E-state index is 11.2. The molecule has 0 N–H and O–H groups in total. The highest BCUT2D eigenvalue weighted by Gasteiger charge is 2.15. The second-order valence-electron chi connectivity index (χ2n) is 5.32. The number of hydrogen-bond acceptors (Lipinski definition) is 3. The average Bonchev–Trinajstić information content (AvgIpc) is 2.86. The molecule has 22 heavy (non-hydrogen) atoms. The van der Waals surface area contributed by atoms with Gasteiger partial charge in [0, 0.05) is 12.5 Å². The quantitative estimate of drug-likeness (QED) is 0.690. The highest BCUT2D eigenvalue weighted by Crippen LogP contribution is 2.25. The molecule has 1 unspecified atom stereocenters. The number of nitrogens with zero attached hydrogens (tertiary/aromatic N) is 2. The van der Waals surface area contributed by atoms with E-state index in [-0.39, 0.29) is 12.1 Å². The number of imidazole rings is 1. The predicted molar refractivity (Wildman–Crippen MR) is 86.4 cm³/mol. The van der Waals surface area contributed by atoms with Crippen LogP contribution in [-0.2, 0) is 16.1 Å². The van der Waals surface area contributed by atoms with Crippen LogP contribution in [0, 0.1) is 0 Å². The van der Waals surface area contributed by atoms with E-state index >= 15 is 0 Å². The number of para-hydroxylation sites is 2. The van der Waals surface area contributed by atoms with E-state index < -0.39 is 0 Å². The van der Waals surface area contributed by atoms with Crippen LogP contribution in [0.5, 0.6) is 0 Å². The number of carbonyl (C=O) groups excluding carboxylic acids is 1. The molecule has 0 amide bonds. The summed E-state index contributed by atoms with van der Waals surface area (Å²) in [4.78, 5) is 15.9. The Balaban J connectivity index is 2.07. The van der Waals surface area contributed by atoms with Crippen LogP contribution in [0.25, 0.3) is 22.4 Å². The molecule has 0 bridgehead atoms. The molecule has 0 saturated carbocycles.